The monoisotopic (exact) mass is 718 g/mol. The standard InChI is InChI=1S/C52H34N2S/c1-2-14-36(15-3-1)43-29-27-39(38-26-25-35-13-4-5-16-37(35)31-38)32-50(43)53(42-28-30-52-47(34-42)46-21-8-11-24-51(46)55-52)40-17-12-18-41(33-40)54-48-22-9-6-19-44(48)45-20-7-10-23-49(45)54/h1-34H. The number of anilines is 3. The number of hydrogen-bond acceptors (Lipinski definition) is 2. The second kappa shape index (κ2) is 12.9. The van der Waals surface area contributed by atoms with E-state index in [1.807, 2.05) is 11.3 Å². The fourth-order valence-electron chi connectivity index (χ4n) is 8.38. The maximum Gasteiger partial charge on any atom is 0.0546 e. The van der Waals surface area contributed by atoms with Gasteiger partial charge in [0.25, 0.3) is 0 Å². The van der Waals surface area contributed by atoms with E-state index in [1.165, 1.54) is 75.0 Å². The molecule has 0 radical (unpaired) electrons. The van der Waals surface area contributed by atoms with Crippen molar-refractivity contribution in [2.75, 3.05) is 4.90 Å². The van der Waals surface area contributed by atoms with Crippen molar-refractivity contribution < 1.29 is 0 Å². The highest BCUT2D eigenvalue weighted by molar-refractivity contribution is 7.25. The molecular weight excluding hydrogens is 685 g/mol. The first-order chi connectivity index (χ1) is 27.3. The van der Waals surface area contributed by atoms with Crippen molar-refractivity contribution >= 4 is 81.1 Å². The predicted molar refractivity (Wildman–Crippen MR) is 237 cm³/mol. The van der Waals surface area contributed by atoms with Gasteiger partial charge in [0.15, 0.2) is 0 Å². The maximum absolute atomic E-state index is 2.47. The summed E-state index contributed by atoms with van der Waals surface area (Å²) < 4.78 is 5.00. The molecule has 0 amide bonds. The number of rotatable bonds is 6. The molecule has 0 saturated carbocycles. The molecule has 11 aromatic rings. The second-order valence-electron chi connectivity index (χ2n) is 14.2. The summed E-state index contributed by atoms with van der Waals surface area (Å²) in [5.41, 5.74) is 11.5. The van der Waals surface area contributed by atoms with Crippen LogP contribution in [-0.2, 0) is 0 Å². The van der Waals surface area contributed by atoms with E-state index in [-0.39, 0.29) is 0 Å². The van der Waals surface area contributed by atoms with E-state index in [0.29, 0.717) is 0 Å². The number of aromatic nitrogens is 1. The summed E-state index contributed by atoms with van der Waals surface area (Å²) >= 11 is 1.86. The van der Waals surface area contributed by atoms with E-state index < -0.39 is 0 Å². The molecule has 55 heavy (non-hydrogen) atoms. The summed E-state index contributed by atoms with van der Waals surface area (Å²) in [6, 6.07) is 75.4. The van der Waals surface area contributed by atoms with Crippen molar-refractivity contribution in [2.24, 2.45) is 0 Å². The van der Waals surface area contributed by atoms with Crippen LogP contribution in [0.5, 0.6) is 0 Å². The van der Waals surface area contributed by atoms with E-state index in [1.54, 1.807) is 0 Å². The normalized spacial score (nSPS) is 11.6. The van der Waals surface area contributed by atoms with Crippen LogP contribution in [0.15, 0.2) is 206 Å². The van der Waals surface area contributed by atoms with E-state index in [0.717, 1.165) is 22.7 Å². The lowest BCUT2D eigenvalue weighted by molar-refractivity contribution is 1.17. The fraction of sp³-hybridized carbons (Fsp3) is 0. The summed E-state index contributed by atoms with van der Waals surface area (Å²) in [7, 11) is 0. The molecule has 11 rings (SSSR count). The van der Waals surface area contributed by atoms with Crippen LogP contribution in [0.3, 0.4) is 0 Å². The summed E-state index contributed by atoms with van der Waals surface area (Å²) in [6.07, 6.45) is 0. The third kappa shape index (κ3) is 5.32. The molecule has 0 spiro atoms. The van der Waals surface area contributed by atoms with Gasteiger partial charge in [0.2, 0.25) is 0 Å². The summed E-state index contributed by atoms with van der Waals surface area (Å²) in [6.45, 7) is 0. The van der Waals surface area contributed by atoms with Crippen LogP contribution >= 0.6 is 11.3 Å². The van der Waals surface area contributed by atoms with Crippen molar-refractivity contribution in [2.45, 2.75) is 0 Å². The molecule has 0 N–H and O–H groups in total. The Morgan fingerprint density at radius 1 is 0.364 bits per heavy atom. The van der Waals surface area contributed by atoms with E-state index in [2.05, 4.69) is 216 Å². The molecule has 0 bridgehead atoms. The smallest absolute Gasteiger partial charge is 0.0546 e. The quantitative estimate of drug-likeness (QED) is 0.166. The number of para-hydroxylation sites is 2. The van der Waals surface area contributed by atoms with Crippen molar-refractivity contribution in [3.63, 3.8) is 0 Å². The van der Waals surface area contributed by atoms with Crippen LogP contribution in [0.2, 0.25) is 0 Å². The van der Waals surface area contributed by atoms with Crippen molar-refractivity contribution in [3.8, 4) is 27.9 Å². The molecule has 2 nitrogen and oxygen atoms in total. The second-order valence-corrected chi connectivity index (χ2v) is 15.2. The van der Waals surface area contributed by atoms with Gasteiger partial charge in [-0.3, -0.25) is 0 Å². The lowest BCUT2D eigenvalue weighted by atomic mass is 9.95. The molecule has 0 aliphatic heterocycles. The van der Waals surface area contributed by atoms with E-state index in [9.17, 15) is 0 Å². The number of nitrogens with zero attached hydrogens (tertiary/aromatic N) is 2. The highest BCUT2D eigenvalue weighted by atomic mass is 32.1. The number of thiophene rings is 1. The molecule has 258 valence electrons. The first kappa shape index (κ1) is 31.6. The van der Waals surface area contributed by atoms with Gasteiger partial charge in [-0.25, -0.2) is 0 Å². The van der Waals surface area contributed by atoms with Crippen LogP contribution in [0.1, 0.15) is 0 Å². The Morgan fingerprint density at radius 3 is 1.82 bits per heavy atom. The van der Waals surface area contributed by atoms with Gasteiger partial charge < -0.3 is 9.47 Å². The minimum Gasteiger partial charge on any atom is -0.310 e. The summed E-state index contributed by atoms with van der Waals surface area (Å²) in [4.78, 5) is 2.47. The zero-order valence-corrected chi connectivity index (χ0v) is 30.7. The van der Waals surface area contributed by atoms with Crippen molar-refractivity contribution in [3.05, 3.63) is 206 Å². The number of fused-ring (bicyclic) bond motifs is 7. The first-order valence-electron chi connectivity index (χ1n) is 18.8. The topological polar surface area (TPSA) is 8.17 Å². The Kier molecular flexibility index (Phi) is 7.39. The van der Waals surface area contributed by atoms with Gasteiger partial charge in [-0.1, -0.05) is 140 Å². The lowest BCUT2D eigenvalue weighted by Crippen LogP contribution is -2.12. The lowest BCUT2D eigenvalue weighted by Gasteiger charge is -2.29. The number of hydrogen-bond donors (Lipinski definition) is 0. The Morgan fingerprint density at radius 2 is 1.00 bits per heavy atom. The molecule has 9 aromatic carbocycles. The molecular formula is C52H34N2S. The zero-order chi connectivity index (χ0) is 36.3. The molecule has 2 aromatic heterocycles. The Bertz CT molecular complexity index is 3170. The minimum absolute atomic E-state index is 1.09. The van der Waals surface area contributed by atoms with Gasteiger partial charge in [-0.05, 0) is 94.2 Å². The Balaban J connectivity index is 1.19. The van der Waals surface area contributed by atoms with Crippen molar-refractivity contribution in [1.82, 2.24) is 4.57 Å². The van der Waals surface area contributed by atoms with Gasteiger partial charge in [-0.2, -0.15) is 0 Å². The fourth-order valence-corrected chi connectivity index (χ4v) is 9.47. The average Bonchev–Trinajstić information content (AvgIpc) is 3.80. The first-order valence-corrected chi connectivity index (χ1v) is 19.6. The van der Waals surface area contributed by atoms with Crippen LogP contribution < -0.4 is 4.90 Å². The number of benzene rings is 9. The van der Waals surface area contributed by atoms with Gasteiger partial charge >= 0.3 is 0 Å². The predicted octanol–water partition coefficient (Wildman–Crippen LogP) is 15.1. The van der Waals surface area contributed by atoms with Crippen LogP contribution in [0.25, 0.3) is 80.7 Å². The van der Waals surface area contributed by atoms with Gasteiger partial charge in [0.05, 0.1) is 16.7 Å². The SMILES string of the molecule is c1ccc(-c2ccc(-c3ccc4ccccc4c3)cc2N(c2cccc(-n3c4ccccc4c4ccccc43)c2)c2ccc3sc4ccccc4c3c2)cc1. The van der Waals surface area contributed by atoms with Gasteiger partial charge in [-0.15, -0.1) is 11.3 Å². The molecule has 0 atom stereocenters. The van der Waals surface area contributed by atoms with Crippen molar-refractivity contribution in [1.29, 1.82) is 0 Å². The van der Waals surface area contributed by atoms with Gasteiger partial charge in [0.1, 0.15) is 0 Å². The van der Waals surface area contributed by atoms with Crippen LogP contribution in [0.4, 0.5) is 17.1 Å². The maximum atomic E-state index is 2.47. The summed E-state index contributed by atoms with van der Waals surface area (Å²) in [5.74, 6) is 0. The zero-order valence-electron chi connectivity index (χ0n) is 29.9. The molecule has 0 unspecified atom stereocenters. The molecule has 0 aliphatic carbocycles. The van der Waals surface area contributed by atoms with E-state index in [4.69, 9.17) is 0 Å². The minimum atomic E-state index is 1.09. The van der Waals surface area contributed by atoms with Crippen LogP contribution in [0, 0.1) is 0 Å². The molecule has 3 heteroatoms. The largest absolute Gasteiger partial charge is 0.310 e. The summed E-state index contributed by atoms with van der Waals surface area (Å²) in [5, 5.41) is 7.55. The molecule has 0 fully saturated rings. The highest BCUT2D eigenvalue weighted by Gasteiger charge is 2.21. The third-order valence-corrected chi connectivity index (χ3v) is 12.1. The molecule has 0 aliphatic rings. The Labute approximate surface area is 323 Å². The van der Waals surface area contributed by atoms with Gasteiger partial charge in [0, 0.05) is 53.6 Å². The average molecular weight is 719 g/mol. The highest BCUT2D eigenvalue weighted by Crippen LogP contribution is 2.46. The van der Waals surface area contributed by atoms with Crippen LogP contribution in [-0.4, -0.2) is 4.57 Å². The van der Waals surface area contributed by atoms with E-state index >= 15 is 0 Å². The molecule has 0 saturated heterocycles. The molecule has 2 heterocycles. The third-order valence-electron chi connectivity index (χ3n) is 11.0. The Hall–Kier alpha value is -6.94.